The van der Waals surface area contributed by atoms with Crippen molar-refractivity contribution >= 4 is 28.3 Å². The van der Waals surface area contributed by atoms with Crippen LogP contribution in [0, 0.1) is 11.8 Å². The Kier molecular flexibility index (Phi) is 7.33. The van der Waals surface area contributed by atoms with E-state index in [2.05, 4.69) is 10.3 Å². The highest BCUT2D eigenvalue weighted by Gasteiger charge is 2.22. The molecule has 1 aromatic heterocycles. The molecule has 0 saturated heterocycles. The molecule has 0 radical (unpaired) electrons. The summed E-state index contributed by atoms with van der Waals surface area (Å²) in [5, 5.41) is 5.29. The first-order valence-corrected chi connectivity index (χ1v) is 9.88. The van der Waals surface area contributed by atoms with E-state index in [4.69, 9.17) is 0 Å². The molecule has 0 unspecified atom stereocenters. The molecule has 0 saturated carbocycles. The number of amides is 2. The molecule has 1 N–H and O–H groups in total. The highest BCUT2D eigenvalue weighted by Crippen LogP contribution is 2.24. The zero-order valence-corrected chi connectivity index (χ0v) is 16.7. The summed E-state index contributed by atoms with van der Waals surface area (Å²) >= 11 is 1.39. The molecule has 0 aliphatic carbocycles. The summed E-state index contributed by atoms with van der Waals surface area (Å²) in [6.07, 6.45) is 0.766. The maximum Gasteiger partial charge on any atom is 0.245 e. The summed E-state index contributed by atoms with van der Waals surface area (Å²) in [5.41, 5.74) is 1.85. The van der Waals surface area contributed by atoms with Crippen molar-refractivity contribution in [3.05, 3.63) is 35.7 Å². The molecule has 0 aliphatic heterocycles. The standard InChI is InChI=1S/C20H27N3O2S/c1-5-15(4)19(25)23(11-14(2)3)12-18(24)22-20-21-17(13-26-20)16-9-7-6-8-10-16/h6-10,13-15H,5,11-12H2,1-4H3,(H,21,22,24)/t15-/m0/s1. The quantitative estimate of drug-likeness (QED) is 0.751. The Labute approximate surface area is 159 Å². The largest absolute Gasteiger partial charge is 0.333 e. The van der Waals surface area contributed by atoms with Crippen LogP contribution in [-0.2, 0) is 9.59 Å². The van der Waals surface area contributed by atoms with Gasteiger partial charge >= 0.3 is 0 Å². The summed E-state index contributed by atoms with van der Waals surface area (Å²) in [6, 6.07) is 9.83. The molecule has 0 spiro atoms. The lowest BCUT2D eigenvalue weighted by atomic mass is 10.1. The highest BCUT2D eigenvalue weighted by molar-refractivity contribution is 7.14. The fourth-order valence-corrected chi connectivity index (χ4v) is 3.30. The second kappa shape index (κ2) is 9.48. The van der Waals surface area contributed by atoms with Gasteiger partial charge in [0.05, 0.1) is 12.2 Å². The van der Waals surface area contributed by atoms with Crippen molar-refractivity contribution in [2.24, 2.45) is 11.8 Å². The summed E-state index contributed by atoms with van der Waals surface area (Å²) in [7, 11) is 0. The van der Waals surface area contributed by atoms with Crippen molar-refractivity contribution in [1.82, 2.24) is 9.88 Å². The van der Waals surface area contributed by atoms with E-state index in [-0.39, 0.29) is 24.3 Å². The third-order valence-electron chi connectivity index (χ3n) is 4.09. The smallest absolute Gasteiger partial charge is 0.245 e. The lowest BCUT2D eigenvalue weighted by molar-refractivity contribution is -0.138. The van der Waals surface area contributed by atoms with Crippen LogP contribution >= 0.6 is 11.3 Å². The predicted molar refractivity (Wildman–Crippen MR) is 107 cm³/mol. The van der Waals surface area contributed by atoms with Crippen LogP contribution in [-0.4, -0.2) is 34.8 Å². The van der Waals surface area contributed by atoms with Gasteiger partial charge in [-0.05, 0) is 12.3 Å². The maximum absolute atomic E-state index is 12.5. The fourth-order valence-electron chi connectivity index (χ4n) is 2.56. The van der Waals surface area contributed by atoms with Crippen molar-refractivity contribution in [3.63, 3.8) is 0 Å². The lowest BCUT2D eigenvalue weighted by Crippen LogP contribution is -2.42. The average Bonchev–Trinajstić information content (AvgIpc) is 3.08. The van der Waals surface area contributed by atoms with E-state index in [9.17, 15) is 9.59 Å². The van der Waals surface area contributed by atoms with E-state index in [0.717, 1.165) is 17.7 Å². The molecule has 2 rings (SSSR count). The Balaban J connectivity index is 2.01. The first kappa shape index (κ1) is 20.1. The van der Waals surface area contributed by atoms with Gasteiger partial charge in [0.15, 0.2) is 5.13 Å². The molecule has 1 aromatic carbocycles. The number of carbonyl (C=O) groups is 2. The van der Waals surface area contributed by atoms with Crippen LogP contribution in [0.4, 0.5) is 5.13 Å². The average molecular weight is 374 g/mol. The number of benzene rings is 1. The minimum Gasteiger partial charge on any atom is -0.333 e. The van der Waals surface area contributed by atoms with Gasteiger partial charge in [0, 0.05) is 23.4 Å². The molecule has 2 aromatic rings. The van der Waals surface area contributed by atoms with E-state index >= 15 is 0 Å². The number of carbonyl (C=O) groups excluding carboxylic acids is 2. The highest BCUT2D eigenvalue weighted by atomic mass is 32.1. The Morgan fingerprint density at radius 3 is 2.50 bits per heavy atom. The zero-order valence-electron chi connectivity index (χ0n) is 15.9. The molecular weight excluding hydrogens is 346 g/mol. The van der Waals surface area contributed by atoms with Crippen LogP contribution in [0.5, 0.6) is 0 Å². The Bertz CT molecular complexity index is 728. The summed E-state index contributed by atoms with van der Waals surface area (Å²) < 4.78 is 0. The normalized spacial score (nSPS) is 12.0. The second-order valence-electron chi connectivity index (χ2n) is 6.87. The SMILES string of the molecule is CC[C@H](C)C(=O)N(CC(=O)Nc1nc(-c2ccccc2)cs1)CC(C)C. The Morgan fingerprint density at radius 2 is 1.88 bits per heavy atom. The van der Waals surface area contributed by atoms with Gasteiger partial charge in [-0.15, -0.1) is 11.3 Å². The van der Waals surface area contributed by atoms with Crippen molar-refractivity contribution in [2.75, 3.05) is 18.4 Å². The molecule has 0 bridgehead atoms. The molecular formula is C20H27N3O2S. The van der Waals surface area contributed by atoms with Gasteiger partial charge in [-0.25, -0.2) is 4.98 Å². The maximum atomic E-state index is 12.5. The number of aromatic nitrogens is 1. The number of anilines is 1. The molecule has 1 atom stereocenters. The Hall–Kier alpha value is -2.21. The lowest BCUT2D eigenvalue weighted by Gasteiger charge is -2.26. The number of nitrogens with one attached hydrogen (secondary N) is 1. The van der Waals surface area contributed by atoms with Crippen molar-refractivity contribution in [1.29, 1.82) is 0 Å². The van der Waals surface area contributed by atoms with Gasteiger partial charge in [0.25, 0.3) is 0 Å². The van der Waals surface area contributed by atoms with Crippen molar-refractivity contribution in [3.8, 4) is 11.3 Å². The van der Waals surface area contributed by atoms with Crippen LogP contribution in [0.2, 0.25) is 0 Å². The number of rotatable bonds is 8. The number of nitrogens with zero attached hydrogens (tertiary/aromatic N) is 2. The van der Waals surface area contributed by atoms with Crippen LogP contribution in [0.15, 0.2) is 35.7 Å². The van der Waals surface area contributed by atoms with Crippen LogP contribution in [0.25, 0.3) is 11.3 Å². The van der Waals surface area contributed by atoms with Gasteiger partial charge in [0.2, 0.25) is 11.8 Å². The summed E-state index contributed by atoms with van der Waals surface area (Å²) in [4.78, 5) is 31.1. The fraction of sp³-hybridized carbons (Fsp3) is 0.450. The molecule has 0 aliphatic rings. The molecule has 1 heterocycles. The van der Waals surface area contributed by atoms with E-state index < -0.39 is 0 Å². The molecule has 6 heteroatoms. The number of hydrogen-bond donors (Lipinski definition) is 1. The third-order valence-corrected chi connectivity index (χ3v) is 4.84. The van der Waals surface area contributed by atoms with E-state index in [0.29, 0.717) is 17.6 Å². The van der Waals surface area contributed by atoms with Crippen molar-refractivity contribution < 1.29 is 9.59 Å². The van der Waals surface area contributed by atoms with Crippen molar-refractivity contribution in [2.45, 2.75) is 34.1 Å². The summed E-state index contributed by atoms with van der Waals surface area (Å²) in [6.45, 7) is 8.60. The van der Waals surface area contributed by atoms with E-state index in [1.807, 2.05) is 63.4 Å². The number of thiazole rings is 1. The first-order chi connectivity index (χ1) is 12.4. The monoisotopic (exact) mass is 373 g/mol. The third kappa shape index (κ3) is 5.66. The minimum atomic E-state index is -0.212. The Morgan fingerprint density at radius 1 is 1.19 bits per heavy atom. The van der Waals surface area contributed by atoms with Gasteiger partial charge in [-0.2, -0.15) is 0 Å². The predicted octanol–water partition coefficient (Wildman–Crippen LogP) is 4.28. The van der Waals surface area contributed by atoms with Gasteiger partial charge in [-0.1, -0.05) is 58.0 Å². The number of hydrogen-bond acceptors (Lipinski definition) is 4. The van der Waals surface area contributed by atoms with Crippen LogP contribution in [0.1, 0.15) is 34.1 Å². The molecule has 140 valence electrons. The minimum absolute atomic E-state index is 0.0282. The molecule has 2 amide bonds. The summed E-state index contributed by atoms with van der Waals surface area (Å²) in [5.74, 6) is 0.0446. The van der Waals surface area contributed by atoms with Crippen LogP contribution < -0.4 is 5.32 Å². The zero-order chi connectivity index (χ0) is 19.1. The van der Waals surface area contributed by atoms with Gasteiger partial charge in [0.1, 0.15) is 0 Å². The van der Waals surface area contributed by atoms with E-state index in [1.54, 1.807) is 4.90 Å². The first-order valence-electron chi connectivity index (χ1n) is 9.00. The van der Waals surface area contributed by atoms with Crippen LogP contribution in [0.3, 0.4) is 0 Å². The molecule has 5 nitrogen and oxygen atoms in total. The van der Waals surface area contributed by atoms with Gasteiger partial charge < -0.3 is 10.2 Å². The molecule has 26 heavy (non-hydrogen) atoms. The van der Waals surface area contributed by atoms with Gasteiger partial charge in [-0.3, -0.25) is 9.59 Å². The second-order valence-corrected chi connectivity index (χ2v) is 7.73. The topological polar surface area (TPSA) is 62.3 Å². The molecule has 0 fully saturated rings. The van der Waals surface area contributed by atoms with E-state index in [1.165, 1.54) is 11.3 Å².